The van der Waals surface area contributed by atoms with Crippen LogP contribution in [0.1, 0.15) is 70.8 Å². The van der Waals surface area contributed by atoms with Crippen molar-refractivity contribution in [1.82, 2.24) is 0 Å². The number of hydrogen-bond donors (Lipinski definition) is 0. The van der Waals surface area contributed by atoms with Crippen molar-refractivity contribution in [1.29, 1.82) is 0 Å². The third-order valence-corrected chi connectivity index (χ3v) is 3.69. The van der Waals surface area contributed by atoms with Crippen LogP contribution in [-0.4, -0.2) is 13.2 Å². The molecule has 0 aromatic heterocycles. The Hall–Kier alpha value is -1.18. The van der Waals surface area contributed by atoms with Gasteiger partial charge in [0.1, 0.15) is 11.5 Å². The van der Waals surface area contributed by atoms with Gasteiger partial charge in [-0.25, -0.2) is 0 Å². The van der Waals surface area contributed by atoms with E-state index in [-0.39, 0.29) is 0 Å². The quantitative estimate of drug-likeness (QED) is 0.417. The Morgan fingerprint density at radius 3 is 1.77 bits per heavy atom. The topological polar surface area (TPSA) is 18.5 Å². The first-order chi connectivity index (χ1) is 10.8. The molecule has 0 aliphatic heterocycles. The molecular formula is C20H33O2. The van der Waals surface area contributed by atoms with Gasteiger partial charge in [0.2, 0.25) is 0 Å². The van der Waals surface area contributed by atoms with Crippen LogP contribution in [-0.2, 0) is 6.42 Å². The summed E-state index contributed by atoms with van der Waals surface area (Å²) in [5, 5.41) is 0. The molecule has 125 valence electrons. The van der Waals surface area contributed by atoms with E-state index >= 15 is 0 Å². The number of rotatable bonds is 13. The molecule has 0 unspecified atom stereocenters. The maximum absolute atomic E-state index is 5.90. The standard InChI is InChI=1S/C20H33O2/c1-4-7-10-13-21-19-15-18(12-9-6-3)16-20(17-19)22-14-11-8-5-2/h15-17H,3-14H2,1-2H3. The minimum absolute atomic E-state index is 0.794. The third-order valence-electron chi connectivity index (χ3n) is 3.69. The van der Waals surface area contributed by atoms with Gasteiger partial charge in [0.25, 0.3) is 0 Å². The van der Waals surface area contributed by atoms with Gasteiger partial charge in [-0.15, -0.1) is 0 Å². The van der Waals surface area contributed by atoms with Crippen molar-refractivity contribution in [3.63, 3.8) is 0 Å². The highest BCUT2D eigenvalue weighted by Crippen LogP contribution is 2.25. The van der Waals surface area contributed by atoms with Gasteiger partial charge in [0.15, 0.2) is 0 Å². The minimum Gasteiger partial charge on any atom is -0.493 e. The molecule has 22 heavy (non-hydrogen) atoms. The Morgan fingerprint density at radius 1 is 0.773 bits per heavy atom. The van der Waals surface area contributed by atoms with Gasteiger partial charge in [0.05, 0.1) is 13.2 Å². The molecule has 0 amide bonds. The lowest BCUT2D eigenvalue weighted by Crippen LogP contribution is -2.01. The third kappa shape index (κ3) is 8.31. The van der Waals surface area contributed by atoms with E-state index < -0.39 is 0 Å². The molecule has 0 bridgehead atoms. The van der Waals surface area contributed by atoms with Gasteiger partial charge in [-0.2, -0.15) is 0 Å². The lowest BCUT2D eigenvalue weighted by atomic mass is 10.1. The van der Waals surface area contributed by atoms with Crippen molar-refractivity contribution in [2.45, 2.75) is 71.6 Å². The number of aryl methyl sites for hydroxylation is 1. The summed E-state index contributed by atoms with van der Waals surface area (Å²) in [7, 11) is 0. The SMILES string of the molecule is [CH2]CCCc1cc(OCCCCC)cc(OCCCCC)c1. The largest absolute Gasteiger partial charge is 0.493 e. The van der Waals surface area contributed by atoms with Gasteiger partial charge in [-0.05, 0) is 43.4 Å². The summed E-state index contributed by atoms with van der Waals surface area (Å²) in [4.78, 5) is 0. The van der Waals surface area contributed by atoms with Gasteiger partial charge < -0.3 is 9.47 Å². The van der Waals surface area contributed by atoms with Crippen molar-refractivity contribution >= 4 is 0 Å². The highest BCUT2D eigenvalue weighted by molar-refractivity contribution is 5.38. The zero-order valence-electron chi connectivity index (χ0n) is 14.5. The second kappa shape index (κ2) is 12.4. The lowest BCUT2D eigenvalue weighted by molar-refractivity contribution is 0.291. The van der Waals surface area contributed by atoms with E-state index in [1.165, 1.54) is 31.2 Å². The van der Waals surface area contributed by atoms with Crippen LogP contribution in [0.25, 0.3) is 0 Å². The molecule has 1 radical (unpaired) electrons. The molecule has 0 spiro atoms. The van der Waals surface area contributed by atoms with E-state index in [2.05, 4.69) is 32.9 Å². The second-order valence-corrected chi connectivity index (χ2v) is 5.88. The molecule has 2 nitrogen and oxygen atoms in total. The summed E-state index contributed by atoms with van der Waals surface area (Å²) >= 11 is 0. The van der Waals surface area contributed by atoms with Crippen LogP contribution in [0, 0.1) is 6.92 Å². The van der Waals surface area contributed by atoms with Crippen LogP contribution >= 0.6 is 0 Å². The molecule has 0 aliphatic rings. The first-order valence-electron chi connectivity index (χ1n) is 8.99. The summed E-state index contributed by atoms with van der Waals surface area (Å²) in [5.41, 5.74) is 1.29. The van der Waals surface area contributed by atoms with Crippen molar-refractivity contribution < 1.29 is 9.47 Å². The number of benzene rings is 1. The number of ether oxygens (including phenoxy) is 2. The Morgan fingerprint density at radius 2 is 1.32 bits per heavy atom. The van der Waals surface area contributed by atoms with Gasteiger partial charge >= 0.3 is 0 Å². The van der Waals surface area contributed by atoms with Crippen LogP contribution in [0.2, 0.25) is 0 Å². The first kappa shape index (κ1) is 18.9. The van der Waals surface area contributed by atoms with Crippen molar-refractivity contribution in [3.05, 3.63) is 30.7 Å². The van der Waals surface area contributed by atoms with Gasteiger partial charge in [-0.1, -0.05) is 52.9 Å². The molecule has 1 aromatic carbocycles. The predicted octanol–water partition coefficient (Wildman–Crippen LogP) is 5.98. The molecular weight excluding hydrogens is 272 g/mol. The normalized spacial score (nSPS) is 10.7. The minimum atomic E-state index is 0.794. The molecule has 2 heteroatoms. The molecule has 0 aliphatic carbocycles. The second-order valence-electron chi connectivity index (χ2n) is 5.88. The molecule has 0 saturated heterocycles. The van der Waals surface area contributed by atoms with Crippen LogP contribution in [0.15, 0.2) is 18.2 Å². The molecule has 1 rings (SSSR count). The molecule has 0 atom stereocenters. The average molecular weight is 305 g/mol. The van der Waals surface area contributed by atoms with Crippen LogP contribution in [0.4, 0.5) is 0 Å². The highest BCUT2D eigenvalue weighted by Gasteiger charge is 2.04. The van der Waals surface area contributed by atoms with Gasteiger partial charge in [0, 0.05) is 6.07 Å². The van der Waals surface area contributed by atoms with E-state index in [0.717, 1.165) is 56.8 Å². The summed E-state index contributed by atoms with van der Waals surface area (Å²) < 4.78 is 11.8. The van der Waals surface area contributed by atoms with Crippen LogP contribution < -0.4 is 9.47 Å². The maximum Gasteiger partial charge on any atom is 0.123 e. The zero-order valence-corrected chi connectivity index (χ0v) is 14.5. The van der Waals surface area contributed by atoms with E-state index in [1.807, 2.05) is 6.07 Å². The molecule has 1 aromatic rings. The summed E-state index contributed by atoms with van der Waals surface area (Å²) in [6.45, 7) is 9.93. The monoisotopic (exact) mass is 305 g/mol. The molecule has 0 fully saturated rings. The fourth-order valence-corrected chi connectivity index (χ4v) is 2.35. The Labute approximate surface area is 137 Å². The van der Waals surface area contributed by atoms with Crippen molar-refractivity contribution in [3.8, 4) is 11.5 Å². The van der Waals surface area contributed by atoms with Gasteiger partial charge in [-0.3, -0.25) is 0 Å². The Bertz CT molecular complexity index is 357. The summed E-state index contributed by atoms with van der Waals surface area (Å²) in [6, 6.07) is 6.34. The van der Waals surface area contributed by atoms with Crippen LogP contribution in [0.5, 0.6) is 11.5 Å². The Balaban J connectivity index is 2.59. The molecule has 0 saturated carbocycles. The first-order valence-corrected chi connectivity index (χ1v) is 8.99. The van der Waals surface area contributed by atoms with Crippen LogP contribution in [0.3, 0.4) is 0 Å². The number of hydrogen-bond acceptors (Lipinski definition) is 2. The number of unbranched alkanes of at least 4 members (excludes halogenated alkanes) is 5. The van der Waals surface area contributed by atoms with E-state index in [4.69, 9.17) is 9.47 Å². The summed E-state index contributed by atoms with van der Waals surface area (Å²) in [5.74, 6) is 1.89. The Kier molecular flexibility index (Phi) is 10.6. The lowest BCUT2D eigenvalue weighted by Gasteiger charge is -2.12. The average Bonchev–Trinajstić information content (AvgIpc) is 2.54. The fourth-order valence-electron chi connectivity index (χ4n) is 2.35. The van der Waals surface area contributed by atoms with Crippen molar-refractivity contribution in [2.24, 2.45) is 0 Å². The smallest absolute Gasteiger partial charge is 0.123 e. The zero-order chi connectivity index (χ0) is 16.0. The molecule has 0 heterocycles. The van der Waals surface area contributed by atoms with E-state index in [9.17, 15) is 0 Å². The van der Waals surface area contributed by atoms with Crippen molar-refractivity contribution in [2.75, 3.05) is 13.2 Å². The maximum atomic E-state index is 5.90. The van der Waals surface area contributed by atoms with E-state index in [0.29, 0.717) is 0 Å². The predicted molar refractivity (Wildman–Crippen MR) is 94.8 cm³/mol. The molecule has 0 N–H and O–H groups in total. The fraction of sp³-hybridized carbons (Fsp3) is 0.650. The van der Waals surface area contributed by atoms with E-state index in [1.54, 1.807) is 0 Å². The summed E-state index contributed by atoms with van der Waals surface area (Å²) in [6.07, 6.45) is 10.2. The highest BCUT2D eigenvalue weighted by atomic mass is 16.5.